The summed E-state index contributed by atoms with van der Waals surface area (Å²) in [5, 5.41) is 14.9. The fraction of sp³-hybridized carbons (Fsp3) is 0.889. The smallest absolute Gasteiger partial charge is 0.234 e. The molecule has 0 aromatic heterocycles. The summed E-state index contributed by atoms with van der Waals surface area (Å²) >= 11 is 0. The molecule has 0 saturated carbocycles. The van der Waals surface area contributed by atoms with E-state index in [1.165, 1.54) is 0 Å². The molecular formula is C9H20N2O2. The number of nitrogens with one attached hydrogen (secondary N) is 2. The van der Waals surface area contributed by atoms with Crippen LogP contribution in [0.3, 0.4) is 0 Å². The van der Waals surface area contributed by atoms with Gasteiger partial charge >= 0.3 is 0 Å². The quantitative estimate of drug-likeness (QED) is 0.509. The second-order valence-corrected chi connectivity index (χ2v) is 3.77. The van der Waals surface area contributed by atoms with Crippen LogP contribution in [0, 0.1) is 0 Å². The van der Waals surface area contributed by atoms with Crippen LogP contribution in [0.5, 0.6) is 0 Å². The van der Waals surface area contributed by atoms with Crippen molar-refractivity contribution in [3.05, 3.63) is 0 Å². The van der Waals surface area contributed by atoms with Crippen molar-refractivity contribution >= 4 is 5.91 Å². The maximum absolute atomic E-state index is 11.1. The number of rotatable bonds is 6. The Kier molecular flexibility index (Phi) is 5.66. The van der Waals surface area contributed by atoms with Crippen molar-refractivity contribution < 1.29 is 9.90 Å². The highest BCUT2D eigenvalue weighted by Gasteiger charge is 2.13. The van der Waals surface area contributed by atoms with E-state index in [1.807, 2.05) is 6.92 Å². The monoisotopic (exact) mass is 188 g/mol. The second kappa shape index (κ2) is 5.94. The molecule has 78 valence electrons. The molecule has 0 rings (SSSR count). The maximum Gasteiger partial charge on any atom is 0.234 e. The molecule has 0 aliphatic carbocycles. The van der Waals surface area contributed by atoms with Crippen LogP contribution in [0.1, 0.15) is 27.2 Å². The highest BCUT2D eigenvalue weighted by molar-refractivity contribution is 5.78. The Bertz CT molecular complexity index is 152. The second-order valence-electron chi connectivity index (χ2n) is 3.77. The van der Waals surface area contributed by atoms with E-state index in [-0.39, 0.29) is 5.91 Å². The van der Waals surface area contributed by atoms with Gasteiger partial charge in [-0.25, -0.2) is 0 Å². The first-order valence-electron chi connectivity index (χ1n) is 4.65. The molecule has 13 heavy (non-hydrogen) atoms. The van der Waals surface area contributed by atoms with E-state index in [4.69, 9.17) is 0 Å². The summed E-state index contributed by atoms with van der Waals surface area (Å²) in [6.45, 7) is 6.82. The molecule has 0 aliphatic rings. The molecule has 0 bridgehead atoms. The van der Waals surface area contributed by atoms with Crippen molar-refractivity contribution in [2.75, 3.05) is 19.6 Å². The molecule has 0 fully saturated rings. The summed E-state index contributed by atoms with van der Waals surface area (Å²) in [7, 11) is 0. The largest absolute Gasteiger partial charge is 0.389 e. The first-order valence-corrected chi connectivity index (χ1v) is 4.65. The lowest BCUT2D eigenvalue weighted by Gasteiger charge is -2.17. The number of amides is 1. The number of hydrogen-bond acceptors (Lipinski definition) is 3. The van der Waals surface area contributed by atoms with Gasteiger partial charge in [-0.05, 0) is 26.8 Å². The lowest BCUT2D eigenvalue weighted by Crippen LogP contribution is -2.42. The molecule has 3 N–H and O–H groups in total. The van der Waals surface area contributed by atoms with Crippen LogP contribution in [-0.2, 0) is 4.79 Å². The van der Waals surface area contributed by atoms with Crippen LogP contribution in [0.15, 0.2) is 0 Å². The van der Waals surface area contributed by atoms with Crippen LogP contribution < -0.4 is 10.6 Å². The van der Waals surface area contributed by atoms with Gasteiger partial charge in [0, 0.05) is 6.54 Å². The number of aliphatic hydroxyl groups is 1. The van der Waals surface area contributed by atoms with Gasteiger partial charge in [-0.1, -0.05) is 6.92 Å². The molecule has 0 atom stereocenters. The molecule has 0 aliphatic heterocycles. The van der Waals surface area contributed by atoms with E-state index in [0.717, 1.165) is 13.0 Å². The fourth-order valence-electron chi connectivity index (χ4n) is 0.756. The molecule has 0 aromatic carbocycles. The first kappa shape index (κ1) is 12.4. The van der Waals surface area contributed by atoms with E-state index in [0.29, 0.717) is 13.1 Å². The standard InChI is InChI=1S/C9H20N2O2/c1-4-5-10-6-8(12)11-7-9(2,3)13/h10,13H,4-7H2,1-3H3,(H,11,12). The average Bonchev–Trinajstić information content (AvgIpc) is 2.00. The van der Waals surface area contributed by atoms with E-state index in [9.17, 15) is 9.90 Å². The van der Waals surface area contributed by atoms with Crippen molar-refractivity contribution in [2.45, 2.75) is 32.8 Å². The number of carbonyl (C=O) groups is 1. The zero-order chi connectivity index (χ0) is 10.3. The van der Waals surface area contributed by atoms with Gasteiger partial charge in [0.2, 0.25) is 5.91 Å². The van der Waals surface area contributed by atoms with Gasteiger partial charge in [0.05, 0.1) is 12.1 Å². The van der Waals surface area contributed by atoms with Crippen molar-refractivity contribution in [3.8, 4) is 0 Å². The third-order valence-corrected chi connectivity index (χ3v) is 1.43. The maximum atomic E-state index is 11.1. The van der Waals surface area contributed by atoms with E-state index < -0.39 is 5.60 Å². The summed E-state index contributed by atoms with van der Waals surface area (Å²) in [5.74, 6) is -0.0735. The SMILES string of the molecule is CCCNCC(=O)NCC(C)(C)O. The highest BCUT2D eigenvalue weighted by Crippen LogP contribution is 1.96. The van der Waals surface area contributed by atoms with Gasteiger partial charge in [0.1, 0.15) is 0 Å². The molecule has 0 heterocycles. The van der Waals surface area contributed by atoms with Gasteiger partial charge in [-0.15, -0.1) is 0 Å². The van der Waals surface area contributed by atoms with Crippen LogP contribution >= 0.6 is 0 Å². The summed E-state index contributed by atoms with van der Waals surface area (Å²) in [5.41, 5.74) is -0.833. The Morgan fingerprint density at radius 2 is 2.08 bits per heavy atom. The molecule has 4 heteroatoms. The van der Waals surface area contributed by atoms with Crippen molar-refractivity contribution in [3.63, 3.8) is 0 Å². The molecule has 0 aromatic rings. The Morgan fingerprint density at radius 1 is 1.46 bits per heavy atom. The Hall–Kier alpha value is -0.610. The number of hydrogen-bond donors (Lipinski definition) is 3. The lowest BCUT2D eigenvalue weighted by atomic mass is 10.1. The molecular weight excluding hydrogens is 168 g/mol. The van der Waals surface area contributed by atoms with Crippen molar-refractivity contribution in [2.24, 2.45) is 0 Å². The van der Waals surface area contributed by atoms with E-state index in [2.05, 4.69) is 10.6 Å². The lowest BCUT2D eigenvalue weighted by molar-refractivity contribution is -0.121. The van der Waals surface area contributed by atoms with Crippen LogP contribution in [0.2, 0.25) is 0 Å². The zero-order valence-corrected chi connectivity index (χ0v) is 8.68. The molecule has 1 amide bonds. The Morgan fingerprint density at radius 3 is 2.54 bits per heavy atom. The van der Waals surface area contributed by atoms with Crippen LogP contribution in [0.25, 0.3) is 0 Å². The molecule has 0 radical (unpaired) electrons. The third-order valence-electron chi connectivity index (χ3n) is 1.43. The molecule has 4 nitrogen and oxygen atoms in total. The van der Waals surface area contributed by atoms with Crippen molar-refractivity contribution in [1.29, 1.82) is 0 Å². The summed E-state index contributed by atoms with van der Waals surface area (Å²) in [6.07, 6.45) is 1.01. The van der Waals surface area contributed by atoms with Gasteiger partial charge in [-0.2, -0.15) is 0 Å². The van der Waals surface area contributed by atoms with E-state index >= 15 is 0 Å². The molecule has 0 saturated heterocycles. The van der Waals surface area contributed by atoms with Gasteiger partial charge in [0.25, 0.3) is 0 Å². The van der Waals surface area contributed by atoms with Crippen LogP contribution in [0.4, 0.5) is 0 Å². The molecule has 0 unspecified atom stereocenters. The van der Waals surface area contributed by atoms with E-state index in [1.54, 1.807) is 13.8 Å². The summed E-state index contributed by atoms with van der Waals surface area (Å²) in [6, 6.07) is 0. The average molecular weight is 188 g/mol. The predicted octanol–water partition coefficient (Wildman–Crippen LogP) is -0.127. The highest BCUT2D eigenvalue weighted by atomic mass is 16.3. The fourth-order valence-corrected chi connectivity index (χ4v) is 0.756. The normalized spacial score (nSPS) is 11.4. The zero-order valence-electron chi connectivity index (χ0n) is 8.68. The first-order chi connectivity index (χ1) is 5.95. The minimum atomic E-state index is -0.833. The van der Waals surface area contributed by atoms with Crippen molar-refractivity contribution in [1.82, 2.24) is 10.6 Å². The van der Waals surface area contributed by atoms with Gasteiger partial charge in [0.15, 0.2) is 0 Å². The van der Waals surface area contributed by atoms with Gasteiger partial charge in [-0.3, -0.25) is 4.79 Å². The topological polar surface area (TPSA) is 61.4 Å². The minimum absolute atomic E-state index is 0.0735. The minimum Gasteiger partial charge on any atom is -0.389 e. The summed E-state index contributed by atoms with van der Waals surface area (Å²) < 4.78 is 0. The Balaban J connectivity index is 3.41. The summed E-state index contributed by atoms with van der Waals surface area (Å²) in [4.78, 5) is 11.1. The molecule has 0 spiro atoms. The predicted molar refractivity (Wildman–Crippen MR) is 52.5 cm³/mol. The number of carbonyl (C=O) groups excluding carboxylic acids is 1. The third kappa shape index (κ3) is 9.30. The van der Waals surface area contributed by atoms with Crippen LogP contribution in [-0.4, -0.2) is 36.2 Å². The Labute approximate surface area is 79.7 Å². The van der Waals surface area contributed by atoms with Gasteiger partial charge < -0.3 is 15.7 Å².